The fraction of sp³-hybridized carbons (Fsp3) is 0.455. The summed E-state index contributed by atoms with van der Waals surface area (Å²) < 4.78 is 37.8. The van der Waals surface area contributed by atoms with E-state index in [1.165, 1.54) is 6.07 Å². The van der Waals surface area contributed by atoms with Crippen molar-refractivity contribution in [1.29, 1.82) is 0 Å². The van der Waals surface area contributed by atoms with Crippen molar-refractivity contribution in [3.05, 3.63) is 34.3 Å². The molecule has 0 unspecified atom stereocenters. The van der Waals surface area contributed by atoms with E-state index in [2.05, 4.69) is 0 Å². The molecule has 0 fully saturated rings. The smallest absolute Gasteiger partial charge is 0.330 e. The third kappa shape index (κ3) is 2.68. The van der Waals surface area contributed by atoms with E-state index in [1.54, 1.807) is 19.9 Å². The monoisotopic (exact) mass is 251 g/mol. The van der Waals surface area contributed by atoms with E-state index in [9.17, 15) is 13.2 Å². The standard InChI is InChI=1S/C11H13ClF3N/c1-10(2,6-16)7-3-4-9(12)8(5-7)11(13,14)15/h3-5H,6,16H2,1-2H3. The Morgan fingerprint density at radius 1 is 1.25 bits per heavy atom. The van der Waals surface area contributed by atoms with Crippen molar-refractivity contribution in [3.63, 3.8) is 0 Å². The minimum Gasteiger partial charge on any atom is -0.330 e. The zero-order valence-corrected chi connectivity index (χ0v) is 9.78. The Bertz CT molecular complexity index is 385. The van der Waals surface area contributed by atoms with Gasteiger partial charge < -0.3 is 5.73 Å². The number of benzene rings is 1. The van der Waals surface area contributed by atoms with Gasteiger partial charge in [0, 0.05) is 12.0 Å². The largest absolute Gasteiger partial charge is 0.417 e. The van der Waals surface area contributed by atoms with E-state index in [1.807, 2.05) is 0 Å². The van der Waals surface area contributed by atoms with Crippen LogP contribution in [0.3, 0.4) is 0 Å². The molecule has 0 aliphatic heterocycles. The van der Waals surface area contributed by atoms with E-state index in [4.69, 9.17) is 17.3 Å². The van der Waals surface area contributed by atoms with Crippen LogP contribution in [0.5, 0.6) is 0 Å². The molecule has 2 N–H and O–H groups in total. The fourth-order valence-electron chi connectivity index (χ4n) is 1.28. The molecule has 0 aromatic heterocycles. The van der Waals surface area contributed by atoms with Gasteiger partial charge >= 0.3 is 6.18 Å². The molecule has 1 aromatic carbocycles. The molecule has 0 radical (unpaired) electrons. The van der Waals surface area contributed by atoms with Gasteiger partial charge in [-0.1, -0.05) is 31.5 Å². The summed E-state index contributed by atoms with van der Waals surface area (Å²) in [6, 6.07) is 3.90. The molecule has 0 aliphatic rings. The molecule has 90 valence electrons. The van der Waals surface area contributed by atoms with Crippen molar-refractivity contribution in [1.82, 2.24) is 0 Å². The minimum atomic E-state index is -4.43. The van der Waals surface area contributed by atoms with Crippen molar-refractivity contribution >= 4 is 11.6 Å². The average molecular weight is 252 g/mol. The van der Waals surface area contributed by atoms with Crippen LogP contribution in [0.25, 0.3) is 0 Å². The number of hydrogen-bond donors (Lipinski definition) is 1. The van der Waals surface area contributed by atoms with Crippen LogP contribution >= 0.6 is 11.6 Å². The second-order valence-corrected chi connectivity index (χ2v) is 4.69. The lowest BCUT2D eigenvalue weighted by atomic mass is 9.84. The van der Waals surface area contributed by atoms with E-state index >= 15 is 0 Å². The molecule has 0 saturated heterocycles. The summed E-state index contributed by atoms with van der Waals surface area (Å²) in [5.41, 5.74) is 4.75. The average Bonchev–Trinajstić information content (AvgIpc) is 2.16. The molecule has 0 spiro atoms. The van der Waals surface area contributed by atoms with Crippen LogP contribution in [0, 0.1) is 0 Å². The van der Waals surface area contributed by atoms with Crippen LogP contribution in [-0.2, 0) is 11.6 Å². The van der Waals surface area contributed by atoms with E-state index in [0.29, 0.717) is 5.56 Å². The third-order valence-corrected chi connectivity index (χ3v) is 2.89. The Hall–Kier alpha value is -0.740. The maximum Gasteiger partial charge on any atom is 0.417 e. The molecule has 1 rings (SSSR count). The fourth-order valence-corrected chi connectivity index (χ4v) is 1.51. The highest BCUT2D eigenvalue weighted by Crippen LogP contribution is 2.37. The first-order chi connectivity index (χ1) is 7.18. The van der Waals surface area contributed by atoms with Crippen molar-refractivity contribution in [2.75, 3.05) is 6.54 Å². The quantitative estimate of drug-likeness (QED) is 0.854. The first-order valence-corrected chi connectivity index (χ1v) is 5.13. The lowest BCUT2D eigenvalue weighted by molar-refractivity contribution is -0.137. The summed E-state index contributed by atoms with van der Waals surface area (Å²) in [5.74, 6) is 0. The SMILES string of the molecule is CC(C)(CN)c1ccc(Cl)c(C(F)(F)F)c1. The summed E-state index contributed by atoms with van der Waals surface area (Å²) in [5, 5.41) is -0.288. The van der Waals surface area contributed by atoms with Gasteiger partial charge in [0.2, 0.25) is 0 Å². The predicted molar refractivity (Wildman–Crippen MR) is 58.5 cm³/mol. The van der Waals surface area contributed by atoms with Crippen molar-refractivity contribution in [2.24, 2.45) is 5.73 Å². The van der Waals surface area contributed by atoms with Gasteiger partial charge in [0.15, 0.2) is 0 Å². The van der Waals surface area contributed by atoms with E-state index < -0.39 is 17.2 Å². The highest BCUT2D eigenvalue weighted by molar-refractivity contribution is 6.31. The van der Waals surface area contributed by atoms with Gasteiger partial charge in [0.05, 0.1) is 10.6 Å². The van der Waals surface area contributed by atoms with Gasteiger partial charge in [0.25, 0.3) is 0 Å². The molecule has 5 heteroatoms. The maximum atomic E-state index is 12.6. The number of hydrogen-bond acceptors (Lipinski definition) is 1. The molecular formula is C11H13ClF3N. The summed E-state index contributed by atoms with van der Waals surface area (Å²) in [4.78, 5) is 0. The molecule has 1 aromatic rings. The van der Waals surface area contributed by atoms with Gasteiger partial charge in [-0.3, -0.25) is 0 Å². The maximum absolute atomic E-state index is 12.6. The predicted octanol–water partition coefficient (Wildman–Crippen LogP) is 3.60. The number of halogens is 4. The summed E-state index contributed by atoms with van der Waals surface area (Å²) in [6.45, 7) is 3.85. The van der Waals surface area contributed by atoms with Crippen LogP contribution in [0.4, 0.5) is 13.2 Å². The molecule has 0 amide bonds. The Morgan fingerprint density at radius 3 is 2.25 bits per heavy atom. The zero-order valence-electron chi connectivity index (χ0n) is 9.03. The topological polar surface area (TPSA) is 26.0 Å². The van der Waals surface area contributed by atoms with Crippen molar-refractivity contribution < 1.29 is 13.2 Å². The number of rotatable bonds is 2. The molecule has 0 saturated carbocycles. The lowest BCUT2D eigenvalue weighted by Crippen LogP contribution is -2.28. The molecule has 1 nitrogen and oxygen atoms in total. The second-order valence-electron chi connectivity index (χ2n) is 4.28. The number of alkyl halides is 3. The molecule has 0 atom stereocenters. The van der Waals surface area contributed by atoms with Gasteiger partial charge in [-0.2, -0.15) is 13.2 Å². The van der Waals surface area contributed by atoms with Crippen LogP contribution in [-0.4, -0.2) is 6.54 Å². The van der Waals surface area contributed by atoms with Gasteiger partial charge in [0.1, 0.15) is 0 Å². The summed E-state index contributed by atoms with van der Waals surface area (Å²) in [6.07, 6.45) is -4.43. The van der Waals surface area contributed by atoms with Gasteiger partial charge in [-0.15, -0.1) is 0 Å². The normalized spacial score (nSPS) is 12.9. The summed E-state index contributed by atoms with van der Waals surface area (Å²) >= 11 is 5.52. The highest BCUT2D eigenvalue weighted by Gasteiger charge is 2.34. The van der Waals surface area contributed by atoms with Gasteiger partial charge in [-0.05, 0) is 17.7 Å². The first-order valence-electron chi connectivity index (χ1n) is 4.76. The van der Waals surface area contributed by atoms with Crippen molar-refractivity contribution in [3.8, 4) is 0 Å². The van der Waals surface area contributed by atoms with Crippen LogP contribution in [0.2, 0.25) is 5.02 Å². The Morgan fingerprint density at radius 2 is 1.81 bits per heavy atom. The Kier molecular flexibility index (Phi) is 3.55. The molecule has 0 heterocycles. The molecule has 0 aliphatic carbocycles. The molecule has 0 bridgehead atoms. The van der Waals surface area contributed by atoms with E-state index in [0.717, 1.165) is 6.07 Å². The number of nitrogens with two attached hydrogens (primary N) is 1. The van der Waals surface area contributed by atoms with Crippen LogP contribution in [0.15, 0.2) is 18.2 Å². The van der Waals surface area contributed by atoms with E-state index in [-0.39, 0.29) is 11.6 Å². The second kappa shape index (κ2) is 4.26. The van der Waals surface area contributed by atoms with Crippen LogP contribution < -0.4 is 5.73 Å². The first kappa shape index (κ1) is 13.3. The third-order valence-electron chi connectivity index (χ3n) is 2.56. The zero-order chi connectivity index (χ0) is 12.6. The molecular weight excluding hydrogens is 239 g/mol. The summed E-state index contributed by atoms with van der Waals surface area (Å²) in [7, 11) is 0. The lowest BCUT2D eigenvalue weighted by Gasteiger charge is -2.24. The highest BCUT2D eigenvalue weighted by atomic mass is 35.5. The van der Waals surface area contributed by atoms with Gasteiger partial charge in [-0.25, -0.2) is 0 Å². The Labute approximate surface area is 97.4 Å². The molecule has 16 heavy (non-hydrogen) atoms. The van der Waals surface area contributed by atoms with Crippen LogP contribution in [0.1, 0.15) is 25.0 Å². The minimum absolute atomic E-state index is 0.270. The van der Waals surface area contributed by atoms with Crippen molar-refractivity contribution in [2.45, 2.75) is 25.4 Å². The Balaban J connectivity index is 3.29.